The third-order valence-corrected chi connectivity index (χ3v) is 26.9. The van der Waals surface area contributed by atoms with Gasteiger partial charge in [0.25, 0.3) is 0 Å². The molecular weight excluding hydrogens is 731 g/mol. The molecule has 6 nitrogen and oxygen atoms in total. The van der Waals surface area contributed by atoms with Crippen molar-refractivity contribution < 1.29 is 22.9 Å². The summed E-state index contributed by atoms with van der Waals surface area (Å²) in [5.41, 5.74) is 2.65. The summed E-state index contributed by atoms with van der Waals surface area (Å²) in [5.74, 6) is -0.0673. The van der Waals surface area contributed by atoms with E-state index >= 15 is 0 Å². The Morgan fingerprint density at radius 2 is 1.27 bits per heavy atom. The first kappa shape index (κ1) is 51.5. The molecule has 0 radical (unpaired) electrons. The molecule has 9 heteroatoms. The lowest BCUT2D eigenvalue weighted by atomic mass is 9.73. The van der Waals surface area contributed by atoms with E-state index in [-0.39, 0.29) is 51.4 Å². The molecule has 0 bridgehead atoms. The van der Waals surface area contributed by atoms with Gasteiger partial charge in [-0.2, -0.15) is 0 Å². The van der Waals surface area contributed by atoms with Crippen LogP contribution in [0.5, 0.6) is 0 Å². The predicted octanol–water partition coefficient (Wildman–Crippen LogP) is 13.6. The van der Waals surface area contributed by atoms with E-state index in [1.54, 1.807) is 0 Å². The molecule has 316 valence electrons. The largest absolute Gasteiger partial charge is 0.413 e. The number of hydrogen-bond acceptors (Lipinski definition) is 6. The van der Waals surface area contributed by atoms with Gasteiger partial charge in [-0.15, -0.1) is 0 Å². The van der Waals surface area contributed by atoms with Gasteiger partial charge in [0.1, 0.15) is 12.1 Å². The maximum absolute atomic E-state index is 14.7. The van der Waals surface area contributed by atoms with Gasteiger partial charge < -0.3 is 18.1 Å². The van der Waals surface area contributed by atoms with Gasteiger partial charge in [-0.25, -0.2) is 0 Å². The van der Waals surface area contributed by atoms with Crippen LogP contribution in [0.1, 0.15) is 142 Å². The first-order valence-corrected chi connectivity index (χ1v) is 29.7. The van der Waals surface area contributed by atoms with Crippen LogP contribution in [0.4, 0.5) is 0 Å². The van der Waals surface area contributed by atoms with Gasteiger partial charge in [-0.3, -0.25) is 9.78 Å². The fourth-order valence-corrected chi connectivity index (χ4v) is 10.4. The van der Waals surface area contributed by atoms with E-state index in [4.69, 9.17) is 13.3 Å². The summed E-state index contributed by atoms with van der Waals surface area (Å²) in [6, 6.07) is 6.01. The van der Waals surface area contributed by atoms with Gasteiger partial charge in [0.2, 0.25) is 0 Å². The normalized spacial score (nSPS) is 17.4. The molecule has 1 aromatic rings. The number of nitrogens with zero attached hydrogens (tertiary/aromatic N) is 1. The minimum absolute atomic E-state index is 0.000251. The Bertz CT molecular complexity index is 1430. The van der Waals surface area contributed by atoms with E-state index in [2.05, 4.69) is 146 Å². The van der Waals surface area contributed by atoms with Gasteiger partial charge in [0.15, 0.2) is 25.0 Å². The minimum Gasteiger partial charge on any atom is -0.413 e. The summed E-state index contributed by atoms with van der Waals surface area (Å²) in [5, 5.41) is 0.0669. The second-order valence-corrected chi connectivity index (χ2v) is 35.9. The number of aldehydes is 1. The Morgan fingerprint density at radius 1 is 0.764 bits per heavy atom. The monoisotopic (exact) mass is 816 g/mol. The number of hydrogen-bond donors (Lipinski definition) is 0. The highest BCUT2D eigenvalue weighted by molar-refractivity contribution is 6.75. The summed E-state index contributed by atoms with van der Waals surface area (Å²) in [6.07, 6.45) is 10.5. The lowest BCUT2D eigenvalue weighted by molar-refractivity contribution is -0.141. The van der Waals surface area contributed by atoms with Crippen molar-refractivity contribution in [1.29, 1.82) is 0 Å². The van der Waals surface area contributed by atoms with Gasteiger partial charge in [-0.1, -0.05) is 108 Å². The average Bonchev–Trinajstić information content (AvgIpc) is 3.03. The first-order chi connectivity index (χ1) is 24.7. The summed E-state index contributed by atoms with van der Waals surface area (Å²) < 4.78 is 21.0. The van der Waals surface area contributed by atoms with E-state index in [1.807, 2.05) is 38.2 Å². The molecular formula is C46H85NO5Si3. The van der Waals surface area contributed by atoms with Crippen LogP contribution in [0.2, 0.25) is 54.4 Å². The SMILES string of the molecule is CC(=CC[C@H](O[Si](C)(C)C(C)(C)C)C(C)=Cc1ccccn1)CCC[C@H](C)[C@H](O[Si](C)(C)C(C)(C)C)[C@@H](C)C(=O)C(C)(C)[C@H](CC=O)O[Si](C)(C)C(C)(C)C. The van der Waals surface area contributed by atoms with Gasteiger partial charge in [0, 0.05) is 24.0 Å². The zero-order valence-electron chi connectivity index (χ0n) is 39.5. The Labute approximate surface area is 342 Å². The van der Waals surface area contributed by atoms with Gasteiger partial charge in [-0.05, 0) is 124 Å². The van der Waals surface area contributed by atoms with E-state index in [0.29, 0.717) is 0 Å². The summed E-state index contributed by atoms with van der Waals surface area (Å²) >= 11 is 0. The zero-order chi connectivity index (χ0) is 43.0. The highest BCUT2D eigenvalue weighted by atomic mass is 28.4. The molecule has 55 heavy (non-hydrogen) atoms. The van der Waals surface area contributed by atoms with Crippen molar-refractivity contribution in [1.82, 2.24) is 4.98 Å². The molecule has 0 saturated heterocycles. The topological polar surface area (TPSA) is 74.7 Å². The maximum atomic E-state index is 14.7. The number of carbonyl (C=O) groups is 2. The molecule has 0 spiro atoms. The molecule has 0 aliphatic carbocycles. The van der Waals surface area contributed by atoms with Crippen molar-refractivity contribution in [3.63, 3.8) is 0 Å². The molecule has 0 saturated carbocycles. The molecule has 0 fully saturated rings. The van der Waals surface area contributed by atoms with Crippen molar-refractivity contribution in [2.24, 2.45) is 17.3 Å². The average molecular weight is 816 g/mol. The zero-order valence-corrected chi connectivity index (χ0v) is 42.5. The molecule has 5 atom stereocenters. The number of allylic oxidation sites excluding steroid dienone is 1. The van der Waals surface area contributed by atoms with Crippen LogP contribution in [0.25, 0.3) is 6.08 Å². The van der Waals surface area contributed by atoms with E-state index in [1.165, 1.54) is 11.1 Å². The first-order valence-electron chi connectivity index (χ1n) is 21.0. The van der Waals surface area contributed by atoms with E-state index in [0.717, 1.165) is 37.7 Å². The van der Waals surface area contributed by atoms with Gasteiger partial charge >= 0.3 is 0 Å². The fourth-order valence-electron chi connectivity index (χ4n) is 6.16. The molecule has 0 aliphatic rings. The quantitative estimate of drug-likeness (QED) is 0.0699. The number of rotatable bonds is 21. The minimum atomic E-state index is -2.25. The second kappa shape index (κ2) is 20.0. The van der Waals surface area contributed by atoms with Crippen LogP contribution in [0, 0.1) is 17.3 Å². The van der Waals surface area contributed by atoms with Gasteiger partial charge in [0.05, 0.1) is 24.0 Å². The molecule has 1 rings (SSSR count). The molecule has 0 aromatic carbocycles. The smallest absolute Gasteiger partial charge is 0.192 e. The third kappa shape index (κ3) is 15.0. The van der Waals surface area contributed by atoms with Crippen LogP contribution < -0.4 is 0 Å². The second-order valence-electron chi connectivity index (χ2n) is 21.7. The lowest BCUT2D eigenvalue weighted by Gasteiger charge is -2.46. The van der Waals surface area contributed by atoms with Crippen molar-refractivity contribution in [3.05, 3.63) is 47.3 Å². The number of ketones is 1. The molecule has 0 amide bonds. The van der Waals surface area contributed by atoms with Crippen LogP contribution in [-0.2, 0) is 22.9 Å². The standard InChI is InChI=1S/C46H85NO5Si3/c1-34(28-29-39(50-53(16,17)43(5,6)7)36(3)33-38-27-22-23-31-47-38)25-24-26-35(2)41(52-55(20,21)45(11,12)13)37(4)42(49)46(14,15)40(30-32-48)51-54(18,19)44(8,9)10/h22-23,27-28,31-33,35,37,39-41H,24-26,29-30H2,1-21H3/t35-,37+,39-,40-,41-/m0/s1. The summed E-state index contributed by atoms with van der Waals surface area (Å²) in [4.78, 5) is 31.2. The van der Waals surface area contributed by atoms with Crippen molar-refractivity contribution in [2.45, 2.75) is 209 Å². The number of aromatic nitrogens is 1. The van der Waals surface area contributed by atoms with Crippen LogP contribution >= 0.6 is 0 Å². The molecule has 1 heterocycles. The van der Waals surface area contributed by atoms with E-state index < -0.39 is 36.5 Å². The summed E-state index contributed by atoms with van der Waals surface area (Å²) in [7, 11) is -6.50. The maximum Gasteiger partial charge on any atom is 0.192 e. The summed E-state index contributed by atoms with van der Waals surface area (Å²) in [6.45, 7) is 46.5. The Kier molecular flexibility index (Phi) is 18.7. The highest BCUT2D eigenvalue weighted by Gasteiger charge is 2.49. The molecule has 1 aromatic heterocycles. The van der Waals surface area contributed by atoms with Crippen molar-refractivity contribution in [2.75, 3.05) is 0 Å². The Hall–Kier alpha value is -1.50. The molecule has 0 N–H and O–H groups in total. The fraction of sp³-hybridized carbons (Fsp3) is 0.761. The Balaban J connectivity index is 3.34. The number of carbonyl (C=O) groups excluding carboxylic acids is 2. The lowest BCUT2D eigenvalue weighted by Crippen LogP contribution is -2.54. The molecule has 0 unspecified atom stereocenters. The Morgan fingerprint density at radius 3 is 1.75 bits per heavy atom. The van der Waals surface area contributed by atoms with Crippen LogP contribution in [0.3, 0.4) is 0 Å². The predicted molar refractivity (Wildman–Crippen MR) is 244 cm³/mol. The van der Waals surface area contributed by atoms with Crippen molar-refractivity contribution in [3.8, 4) is 0 Å². The van der Waals surface area contributed by atoms with Crippen molar-refractivity contribution >= 4 is 43.1 Å². The molecule has 0 aliphatic heterocycles. The highest BCUT2D eigenvalue weighted by Crippen LogP contribution is 2.44. The van der Waals surface area contributed by atoms with Crippen LogP contribution in [-0.4, -0.2) is 60.3 Å². The third-order valence-electron chi connectivity index (χ3n) is 13.4. The number of pyridine rings is 1. The van der Waals surface area contributed by atoms with Crippen LogP contribution in [0.15, 0.2) is 41.6 Å². The van der Waals surface area contributed by atoms with E-state index in [9.17, 15) is 9.59 Å². The number of Topliss-reactive ketones (excluding diaryl/α,β-unsaturated/α-hetero) is 1.